The van der Waals surface area contributed by atoms with Crippen molar-refractivity contribution < 1.29 is 4.74 Å². The van der Waals surface area contributed by atoms with E-state index in [1.807, 2.05) is 0 Å². The van der Waals surface area contributed by atoms with E-state index in [1.165, 1.54) is 57.8 Å². The third-order valence-corrected chi connectivity index (χ3v) is 8.04. The van der Waals surface area contributed by atoms with Crippen LogP contribution in [0, 0.1) is 23.2 Å². The molecule has 3 aliphatic carbocycles. The Labute approximate surface area is 148 Å². The van der Waals surface area contributed by atoms with Crippen LogP contribution in [0.15, 0.2) is 18.2 Å². The minimum absolute atomic E-state index is 0.639. The Morgan fingerprint density at radius 3 is 2.83 bits per heavy atom. The van der Waals surface area contributed by atoms with Crippen molar-refractivity contribution in [2.75, 3.05) is 7.11 Å². The average molecular weight is 327 g/mol. The van der Waals surface area contributed by atoms with E-state index in [2.05, 4.69) is 32.0 Å². The van der Waals surface area contributed by atoms with Crippen LogP contribution < -0.4 is 4.74 Å². The molecule has 1 aromatic rings. The predicted molar refractivity (Wildman–Crippen MR) is 101 cm³/mol. The SMILES string of the molecule is CCCCC1CCC2C3CCc4cc(OC)ccc4C3CCC12C. The van der Waals surface area contributed by atoms with Crippen LogP contribution in [0.25, 0.3) is 0 Å². The highest BCUT2D eigenvalue weighted by Crippen LogP contribution is 2.63. The normalized spacial score (nSPS) is 37.5. The lowest BCUT2D eigenvalue weighted by Gasteiger charge is -2.51. The zero-order valence-electron chi connectivity index (χ0n) is 15.8. The molecule has 3 aliphatic rings. The van der Waals surface area contributed by atoms with Gasteiger partial charge in [-0.15, -0.1) is 0 Å². The Morgan fingerprint density at radius 1 is 1.17 bits per heavy atom. The van der Waals surface area contributed by atoms with Gasteiger partial charge in [0.1, 0.15) is 5.75 Å². The van der Waals surface area contributed by atoms with Gasteiger partial charge in [-0.25, -0.2) is 0 Å². The van der Waals surface area contributed by atoms with Gasteiger partial charge < -0.3 is 4.74 Å². The molecule has 0 N–H and O–H groups in total. The Balaban J connectivity index is 1.58. The Morgan fingerprint density at radius 2 is 2.04 bits per heavy atom. The zero-order valence-corrected chi connectivity index (χ0v) is 15.8. The maximum atomic E-state index is 5.45. The van der Waals surface area contributed by atoms with Crippen LogP contribution in [0.5, 0.6) is 5.75 Å². The van der Waals surface area contributed by atoms with Crippen molar-refractivity contribution in [3.05, 3.63) is 29.3 Å². The summed E-state index contributed by atoms with van der Waals surface area (Å²) in [6, 6.07) is 6.88. The highest BCUT2D eigenvalue weighted by molar-refractivity contribution is 5.40. The van der Waals surface area contributed by atoms with Gasteiger partial charge >= 0.3 is 0 Å². The molecular formula is C23H34O. The summed E-state index contributed by atoms with van der Waals surface area (Å²) in [4.78, 5) is 0. The first-order valence-electron chi connectivity index (χ1n) is 10.3. The number of fused-ring (bicyclic) bond motifs is 5. The standard InChI is InChI=1S/C23H34O/c1-4-5-6-17-8-12-22-21-10-7-16-15-18(24-3)9-11-19(16)20(21)13-14-23(17,22)2/h9,11,15,17,20-22H,4-8,10,12-14H2,1-3H3. The summed E-state index contributed by atoms with van der Waals surface area (Å²) in [5.74, 6) is 4.78. The largest absolute Gasteiger partial charge is 0.497 e. The number of unbranched alkanes of at least 4 members (excludes halogenated alkanes) is 1. The summed E-state index contributed by atoms with van der Waals surface area (Å²) in [7, 11) is 1.79. The van der Waals surface area contributed by atoms with Crippen LogP contribution in [0.1, 0.15) is 82.3 Å². The third-order valence-electron chi connectivity index (χ3n) is 8.04. The van der Waals surface area contributed by atoms with E-state index in [-0.39, 0.29) is 0 Å². The molecule has 132 valence electrons. The first-order valence-corrected chi connectivity index (χ1v) is 10.3. The number of benzene rings is 1. The lowest BCUT2D eigenvalue weighted by atomic mass is 9.54. The van der Waals surface area contributed by atoms with E-state index < -0.39 is 0 Å². The van der Waals surface area contributed by atoms with E-state index in [1.54, 1.807) is 18.2 Å². The molecule has 0 radical (unpaired) electrons. The topological polar surface area (TPSA) is 9.23 Å². The molecule has 0 aliphatic heterocycles. The average Bonchev–Trinajstić information content (AvgIpc) is 2.95. The maximum Gasteiger partial charge on any atom is 0.119 e. The Hall–Kier alpha value is -0.980. The van der Waals surface area contributed by atoms with Gasteiger partial charge in [-0.1, -0.05) is 32.8 Å². The van der Waals surface area contributed by atoms with Crippen molar-refractivity contribution in [1.82, 2.24) is 0 Å². The summed E-state index contributed by atoms with van der Waals surface area (Å²) in [6.45, 7) is 5.00. The second-order valence-corrected chi connectivity index (χ2v) is 8.94. The van der Waals surface area contributed by atoms with Crippen molar-refractivity contribution >= 4 is 0 Å². The number of hydrogen-bond acceptors (Lipinski definition) is 1. The highest BCUT2D eigenvalue weighted by atomic mass is 16.5. The summed E-state index contributed by atoms with van der Waals surface area (Å²) < 4.78 is 5.45. The molecule has 24 heavy (non-hydrogen) atoms. The van der Waals surface area contributed by atoms with E-state index in [4.69, 9.17) is 4.74 Å². The van der Waals surface area contributed by atoms with Gasteiger partial charge in [-0.3, -0.25) is 0 Å². The zero-order chi connectivity index (χ0) is 16.7. The third kappa shape index (κ3) is 2.50. The number of methoxy groups -OCH3 is 1. The van der Waals surface area contributed by atoms with Gasteiger partial charge in [0, 0.05) is 0 Å². The second-order valence-electron chi connectivity index (χ2n) is 8.94. The van der Waals surface area contributed by atoms with Crippen LogP contribution in [0.3, 0.4) is 0 Å². The first kappa shape index (κ1) is 16.5. The van der Waals surface area contributed by atoms with Gasteiger partial charge in [0.15, 0.2) is 0 Å². The quantitative estimate of drug-likeness (QED) is 0.625. The van der Waals surface area contributed by atoms with Crippen LogP contribution in [0.4, 0.5) is 0 Å². The highest BCUT2D eigenvalue weighted by Gasteiger charge is 2.54. The van der Waals surface area contributed by atoms with Crippen molar-refractivity contribution in [3.8, 4) is 5.75 Å². The molecule has 5 atom stereocenters. The van der Waals surface area contributed by atoms with Gasteiger partial charge in [-0.05, 0) is 97.3 Å². The number of aryl methyl sites for hydroxylation is 1. The molecule has 1 aromatic carbocycles. The van der Waals surface area contributed by atoms with Crippen molar-refractivity contribution in [2.45, 2.75) is 77.6 Å². The van der Waals surface area contributed by atoms with Gasteiger partial charge in [0.25, 0.3) is 0 Å². The summed E-state index contributed by atoms with van der Waals surface area (Å²) in [5.41, 5.74) is 3.87. The molecule has 1 nitrogen and oxygen atoms in total. The predicted octanol–water partition coefficient (Wildman–Crippen LogP) is 6.36. The van der Waals surface area contributed by atoms with E-state index in [9.17, 15) is 0 Å². The van der Waals surface area contributed by atoms with Crippen molar-refractivity contribution in [1.29, 1.82) is 0 Å². The van der Waals surface area contributed by atoms with Gasteiger partial charge in [0.05, 0.1) is 7.11 Å². The summed E-state index contributed by atoms with van der Waals surface area (Å²) in [5, 5.41) is 0. The van der Waals surface area contributed by atoms with Crippen LogP contribution in [0.2, 0.25) is 0 Å². The van der Waals surface area contributed by atoms with Crippen molar-refractivity contribution in [2.24, 2.45) is 23.2 Å². The molecular weight excluding hydrogens is 292 g/mol. The van der Waals surface area contributed by atoms with Crippen LogP contribution >= 0.6 is 0 Å². The fraction of sp³-hybridized carbons (Fsp3) is 0.739. The molecule has 1 heteroatoms. The van der Waals surface area contributed by atoms with Gasteiger partial charge in [0.2, 0.25) is 0 Å². The lowest BCUT2D eigenvalue weighted by Crippen LogP contribution is -2.42. The van der Waals surface area contributed by atoms with Gasteiger partial charge in [-0.2, -0.15) is 0 Å². The smallest absolute Gasteiger partial charge is 0.119 e. The molecule has 0 bridgehead atoms. The minimum atomic E-state index is 0.639. The van der Waals surface area contributed by atoms with Crippen LogP contribution in [-0.2, 0) is 6.42 Å². The molecule has 0 spiro atoms. The van der Waals surface area contributed by atoms with E-state index in [0.717, 1.165) is 29.4 Å². The molecule has 0 heterocycles. The molecule has 0 aromatic heterocycles. The fourth-order valence-electron chi connectivity index (χ4n) is 6.72. The monoisotopic (exact) mass is 326 g/mol. The molecule has 5 unspecified atom stereocenters. The minimum Gasteiger partial charge on any atom is -0.497 e. The summed E-state index contributed by atoms with van der Waals surface area (Å²) in [6.07, 6.45) is 12.8. The van der Waals surface area contributed by atoms with Crippen molar-refractivity contribution in [3.63, 3.8) is 0 Å². The number of ether oxygens (including phenoxy) is 1. The van der Waals surface area contributed by atoms with E-state index in [0.29, 0.717) is 5.41 Å². The maximum absolute atomic E-state index is 5.45. The number of rotatable bonds is 4. The molecule has 0 amide bonds. The molecule has 2 saturated carbocycles. The Bertz CT molecular complexity index is 592. The number of hydrogen-bond donors (Lipinski definition) is 0. The van der Waals surface area contributed by atoms with Crippen LogP contribution in [-0.4, -0.2) is 7.11 Å². The second kappa shape index (κ2) is 6.39. The first-order chi connectivity index (χ1) is 11.7. The lowest BCUT2D eigenvalue weighted by molar-refractivity contribution is 0.0253. The molecule has 0 saturated heterocycles. The molecule has 4 rings (SSSR count). The van der Waals surface area contributed by atoms with E-state index >= 15 is 0 Å². The molecule has 2 fully saturated rings. The Kier molecular flexibility index (Phi) is 4.39. The fourth-order valence-corrected chi connectivity index (χ4v) is 6.72. The summed E-state index contributed by atoms with van der Waals surface area (Å²) >= 11 is 0.